The lowest BCUT2D eigenvalue weighted by atomic mass is 10.0. The van der Waals surface area contributed by atoms with Crippen LogP contribution in [0.2, 0.25) is 0 Å². The molecule has 0 spiro atoms. The van der Waals surface area contributed by atoms with Crippen molar-refractivity contribution >= 4 is 17.7 Å². The molecule has 5 heteroatoms. The molecule has 4 nitrogen and oxygen atoms in total. The van der Waals surface area contributed by atoms with E-state index >= 15 is 0 Å². The van der Waals surface area contributed by atoms with Gasteiger partial charge in [-0.15, -0.1) is 0 Å². The molecule has 1 aromatic rings. The Morgan fingerprint density at radius 3 is 2.35 bits per heavy atom. The molecule has 4 atom stereocenters. The Balaban J connectivity index is 1.32. The van der Waals surface area contributed by atoms with Crippen molar-refractivity contribution in [3.8, 4) is 0 Å². The zero-order valence-electron chi connectivity index (χ0n) is 14.1. The van der Waals surface area contributed by atoms with Crippen molar-refractivity contribution in [2.45, 2.75) is 57.1 Å². The van der Waals surface area contributed by atoms with Crippen LogP contribution < -0.4 is 5.32 Å². The third-order valence-electron chi connectivity index (χ3n) is 6.25. The summed E-state index contributed by atoms with van der Waals surface area (Å²) in [6.07, 6.45) is 7.51. The van der Waals surface area contributed by atoms with Gasteiger partial charge in [-0.25, -0.2) is 9.97 Å². The van der Waals surface area contributed by atoms with Gasteiger partial charge in [-0.2, -0.15) is 0 Å². The van der Waals surface area contributed by atoms with Gasteiger partial charge in [0.15, 0.2) is 5.16 Å². The molecule has 4 rings (SSSR count). The number of rotatable bonds is 5. The van der Waals surface area contributed by atoms with Gasteiger partial charge >= 0.3 is 0 Å². The molecular weight excluding hydrogens is 306 g/mol. The molecule has 0 radical (unpaired) electrons. The van der Waals surface area contributed by atoms with E-state index < -0.39 is 0 Å². The van der Waals surface area contributed by atoms with Gasteiger partial charge in [-0.3, -0.25) is 4.79 Å². The van der Waals surface area contributed by atoms with E-state index in [4.69, 9.17) is 0 Å². The zero-order valence-corrected chi connectivity index (χ0v) is 14.9. The predicted octanol–water partition coefficient (Wildman–Crippen LogP) is 2.91. The second kappa shape index (κ2) is 5.76. The van der Waals surface area contributed by atoms with Crippen LogP contribution in [-0.2, 0) is 11.2 Å². The molecule has 4 unspecified atom stereocenters. The Bertz CT molecular complexity index is 608. The molecule has 1 N–H and O–H groups in total. The molecule has 23 heavy (non-hydrogen) atoms. The Kier molecular flexibility index (Phi) is 3.87. The first kappa shape index (κ1) is 15.4. The van der Waals surface area contributed by atoms with E-state index in [-0.39, 0.29) is 5.91 Å². The SMILES string of the molecule is CSc1nc(C)c(CCC(=O)NC2C3C4CCC(C4)C23)c(C)n1. The number of fused-ring (bicyclic) bond motifs is 5. The topological polar surface area (TPSA) is 54.9 Å². The molecule has 1 aromatic heterocycles. The first-order valence-electron chi connectivity index (χ1n) is 8.76. The second-order valence-corrected chi connectivity index (χ2v) is 8.21. The summed E-state index contributed by atoms with van der Waals surface area (Å²) in [7, 11) is 0. The average Bonchev–Trinajstić information content (AvgIpc) is 2.91. The summed E-state index contributed by atoms with van der Waals surface area (Å²) < 4.78 is 0. The fourth-order valence-corrected chi connectivity index (χ4v) is 5.63. The maximum absolute atomic E-state index is 12.3. The Labute approximate surface area is 142 Å². The van der Waals surface area contributed by atoms with Gasteiger partial charge < -0.3 is 5.32 Å². The highest BCUT2D eigenvalue weighted by Gasteiger charge is 2.65. The van der Waals surface area contributed by atoms with Crippen LogP contribution in [0.25, 0.3) is 0 Å². The molecular formula is C18H25N3OS. The smallest absolute Gasteiger partial charge is 0.220 e. The predicted molar refractivity (Wildman–Crippen MR) is 91.3 cm³/mol. The maximum atomic E-state index is 12.3. The van der Waals surface area contributed by atoms with Crippen molar-refractivity contribution in [1.82, 2.24) is 15.3 Å². The molecule has 0 aliphatic heterocycles. The minimum absolute atomic E-state index is 0.205. The monoisotopic (exact) mass is 331 g/mol. The number of carbonyl (C=O) groups excluding carboxylic acids is 1. The van der Waals surface area contributed by atoms with E-state index in [1.165, 1.54) is 19.3 Å². The second-order valence-electron chi connectivity index (χ2n) is 7.44. The summed E-state index contributed by atoms with van der Waals surface area (Å²) in [6, 6.07) is 0.492. The van der Waals surface area contributed by atoms with Crippen LogP contribution in [0.3, 0.4) is 0 Å². The lowest BCUT2D eigenvalue weighted by Crippen LogP contribution is -2.30. The number of nitrogens with one attached hydrogen (secondary N) is 1. The van der Waals surface area contributed by atoms with Gasteiger partial charge in [0.05, 0.1) is 0 Å². The van der Waals surface area contributed by atoms with Gasteiger partial charge in [0, 0.05) is 23.9 Å². The van der Waals surface area contributed by atoms with Gasteiger partial charge in [-0.1, -0.05) is 11.8 Å². The summed E-state index contributed by atoms with van der Waals surface area (Å²) in [5.41, 5.74) is 3.15. The van der Waals surface area contributed by atoms with Crippen LogP contribution in [0.5, 0.6) is 0 Å². The molecule has 124 valence electrons. The standard InChI is InChI=1S/C18H25N3OS/c1-9-13(10(2)20-18(19-9)23-3)6-7-14(22)21-17-15-11-4-5-12(8-11)16(15)17/h11-12,15-17H,4-8H2,1-3H3,(H,21,22). The van der Waals surface area contributed by atoms with Crippen LogP contribution in [0, 0.1) is 37.5 Å². The van der Waals surface area contributed by atoms with Gasteiger partial charge in [0.25, 0.3) is 0 Å². The summed E-state index contributed by atoms with van der Waals surface area (Å²) in [6.45, 7) is 4.04. The molecule has 1 heterocycles. The third-order valence-corrected chi connectivity index (χ3v) is 6.80. The van der Waals surface area contributed by atoms with Crippen molar-refractivity contribution in [2.24, 2.45) is 23.7 Å². The minimum Gasteiger partial charge on any atom is -0.353 e. The average molecular weight is 331 g/mol. The van der Waals surface area contributed by atoms with Gasteiger partial charge in [0.2, 0.25) is 5.91 Å². The summed E-state index contributed by atoms with van der Waals surface area (Å²) in [5, 5.41) is 4.12. The lowest BCUT2D eigenvalue weighted by Gasteiger charge is -2.12. The largest absolute Gasteiger partial charge is 0.353 e. The van der Waals surface area contributed by atoms with Crippen LogP contribution in [0.1, 0.15) is 42.6 Å². The number of amides is 1. The number of hydrogen-bond acceptors (Lipinski definition) is 4. The van der Waals surface area contributed by atoms with Crippen molar-refractivity contribution < 1.29 is 4.79 Å². The van der Waals surface area contributed by atoms with E-state index in [1.807, 2.05) is 20.1 Å². The van der Waals surface area contributed by atoms with E-state index in [0.29, 0.717) is 12.5 Å². The van der Waals surface area contributed by atoms with Gasteiger partial charge in [-0.05, 0) is 75.0 Å². The quantitative estimate of drug-likeness (QED) is 0.666. The first-order valence-corrected chi connectivity index (χ1v) is 9.98. The Morgan fingerprint density at radius 1 is 1.17 bits per heavy atom. The number of aromatic nitrogens is 2. The minimum atomic E-state index is 0.205. The van der Waals surface area contributed by atoms with E-state index in [1.54, 1.807) is 11.8 Å². The summed E-state index contributed by atoms with van der Waals surface area (Å²) in [4.78, 5) is 21.3. The molecule has 3 aliphatic rings. The maximum Gasteiger partial charge on any atom is 0.220 e. The summed E-state index contributed by atoms with van der Waals surface area (Å²) >= 11 is 1.56. The van der Waals surface area contributed by atoms with Crippen LogP contribution in [-0.4, -0.2) is 28.2 Å². The third kappa shape index (κ3) is 2.67. The Hall–Kier alpha value is -1.10. The molecule has 2 bridgehead atoms. The number of nitrogens with zero attached hydrogens (tertiary/aromatic N) is 2. The van der Waals surface area contributed by atoms with Crippen LogP contribution in [0.4, 0.5) is 0 Å². The number of thioether (sulfide) groups is 1. The van der Waals surface area contributed by atoms with Crippen molar-refractivity contribution in [3.05, 3.63) is 17.0 Å². The first-order chi connectivity index (χ1) is 11.1. The van der Waals surface area contributed by atoms with E-state index in [2.05, 4.69) is 15.3 Å². The molecule has 1 amide bonds. The number of carbonyl (C=O) groups is 1. The highest BCUT2D eigenvalue weighted by Crippen LogP contribution is 2.65. The molecule has 3 fully saturated rings. The van der Waals surface area contributed by atoms with Crippen LogP contribution in [0.15, 0.2) is 5.16 Å². The van der Waals surface area contributed by atoms with Crippen molar-refractivity contribution in [1.29, 1.82) is 0 Å². The highest BCUT2D eigenvalue weighted by atomic mass is 32.2. The molecule has 3 aliphatic carbocycles. The highest BCUT2D eigenvalue weighted by molar-refractivity contribution is 7.98. The van der Waals surface area contributed by atoms with E-state index in [9.17, 15) is 4.79 Å². The molecule has 0 aromatic carbocycles. The normalized spacial score (nSPS) is 33.6. The van der Waals surface area contributed by atoms with Gasteiger partial charge in [0.1, 0.15) is 0 Å². The van der Waals surface area contributed by atoms with E-state index in [0.717, 1.165) is 52.2 Å². The summed E-state index contributed by atoms with van der Waals surface area (Å²) in [5.74, 6) is 3.65. The van der Waals surface area contributed by atoms with Crippen molar-refractivity contribution in [2.75, 3.05) is 6.26 Å². The zero-order chi connectivity index (χ0) is 16.1. The van der Waals surface area contributed by atoms with Crippen molar-refractivity contribution in [3.63, 3.8) is 0 Å². The Morgan fingerprint density at radius 2 is 1.78 bits per heavy atom. The number of aryl methyl sites for hydroxylation is 2. The van der Waals surface area contributed by atoms with Crippen LogP contribution >= 0.6 is 11.8 Å². The number of hydrogen-bond donors (Lipinski definition) is 1. The fourth-order valence-electron chi connectivity index (χ4n) is 5.18. The lowest BCUT2D eigenvalue weighted by molar-refractivity contribution is -0.121. The molecule has 3 saturated carbocycles. The molecule has 0 saturated heterocycles. The fraction of sp³-hybridized carbons (Fsp3) is 0.722.